The van der Waals surface area contributed by atoms with Crippen molar-refractivity contribution in [3.63, 3.8) is 0 Å². The maximum absolute atomic E-state index is 5.76. The monoisotopic (exact) mass is 416 g/mol. The second-order valence-electron chi connectivity index (χ2n) is 7.84. The first-order valence-corrected chi connectivity index (χ1v) is 11.3. The number of piperazine rings is 1. The molecule has 30 heavy (non-hydrogen) atoms. The van der Waals surface area contributed by atoms with Gasteiger partial charge >= 0.3 is 0 Å². The van der Waals surface area contributed by atoms with Crippen LogP contribution in [0.3, 0.4) is 0 Å². The molecule has 0 saturated carbocycles. The summed E-state index contributed by atoms with van der Waals surface area (Å²) >= 11 is 5.76. The molecule has 0 bridgehead atoms. The van der Waals surface area contributed by atoms with Crippen LogP contribution >= 0.6 is 12.2 Å². The number of hydrogen-bond donors (Lipinski definition) is 2. The van der Waals surface area contributed by atoms with E-state index in [0.29, 0.717) is 6.04 Å². The number of nitrogens with one attached hydrogen (secondary N) is 2. The molecule has 0 radical (unpaired) electrons. The van der Waals surface area contributed by atoms with Gasteiger partial charge in [-0.2, -0.15) is 0 Å². The lowest BCUT2D eigenvalue weighted by Crippen LogP contribution is -3.15. The van der Waals surface area contributed by atoms with Crippen LogP contribution in [0.25, 0.3) is 0 Å². The van der Waals surface area contributed by atoms with Gasteiger partial charge in [0.2, 0.25) is 0 Å². The minimum atomic E-state index is 0.358. The van der Waals surface area contributed by atoms with Gasteiger partial charge in [0.25, 0.3) is 0 Å². The van der Waals surface area contributed by atoms with Gasteiger partial charge in [-0.25, -0.2) is 0 Å². The molecule has 3 aromatic rings. The zero-order chi connectivity index (χ0) is 20.8. The van der Waals surface area contributed by atoms with Gasteiger partial charge < -0.3 is 15.1 Å². The van der Waals surface area contributed by atoms with E-state index in [2.05, 4.69) is 102 Å². The second-order valence-corrected chi connectivity index (χ2v) is 8.23. The van der Waals surface area contributed by atoms with E-state index in [9.17, 15) is 0 Å². The van der Waals surface area contributed by atoms with Gasteiger partial charge in [-0.1, -0.05) is 85.8 Å². The molecule has 0 aliphatic carbocycles. The highest BCUT2D eigenvalue weighted by Gasteiger charge is 2.30. The summed E-state index contributed by atoms with van der Waals surface area (Å²) in [6, 6.07) is 30.6. The molecule has 3 aromatic carbocycles. The molecule has 0 atom stereocenters. The van der Waals surface area contributed by atoms with Gasteiger partial charge in [-0.15, -0.1) is 0 Å². The highest BCUT2D eigenvalue weighted by atomic mass is 32.1. The molecular formula is C26H30N3S+. The quantitative estimate of drug-likeness (QED) is 0.615. The second kappa shape index (κ2) is 9.88. The summed E-state index contributed by atoms with van der Waals surface area (Å²) in [6.45, 7) is 6.23. The summed E-state index contributed by atoms with van der Waals surface area (Å²) in [7, 11) is 0. The number of thiocarbonyl (C=S) groups is 1. The van der Waals surface area contributed by atoms with Crippen LogP contribution in [0.15, 0.2) is 84.9 Å². The maximum Gasteiger partial charge on any atom is 0.173 e. The van der Waals surface area contributed by atoms with Crippen molar-refractivity contribution in [2.24, 2.45) is 0 Å². The van der Waals surface area contributed by atoms with Crippen LogP contribution in [-0.4, -0.2) is 36.2 Å². The van der Waals surface area contributed by atoms with Crippen molar-refractivity contribution < 1.29 is 4.90 Å². The van der Waals surface area contributed by atoms with Crippen molar-refractivity contribution in [3.8, 4) is 0 Å². The highest BCUT2D eigenvalue weighted by Crippen LogP contribution is 2.20. The lowest BCUT2D eigenvalue weighted by atomic mass is 9.96. The summed E-state index contributed by atoms with van der Waals surface area (Å²) < 4.78 is 0. The predicted molar refractivity (Wildman–Crippen MR) is 129 cm³/mol. The molecule has 0 spiro atoms. The molecule has 0 aromatic heterocycles. The SMILES string of the molecule is CCc1ccccc1NC(=S)N1CC[NH+](C(c2ccccc2)c2ccccc2)CC1. The third kappa shape index (κ3) is 4.72. The summed E-state index contributed by atoms with van der Waals surface area (Å²) in [5, 5.41) is 4.33. The Morgan fingerprint density at radius 1 is 0.867 bits per heavy atom. The third-order valence-electron chi connectivity index (χ3n) is 6.01. The van der Waals surface area contributed by atoms with Crippen LogP contribution in [0, 0.1) is 0 Å². The fraction of sp³-hybridized carbons (Fsp3) is 0.269. The van der Waals surface area contributed by atoms with Gasteiger partial charge in [-0.3, -0.25) is 0 Å². The molecular weight excluding hydrogens is 386 g/mol. The van der Waals surface area contributed by atoms with Crippen molar-refractivity contribution in [2.75, 3.05) is 31.5 Å². The average Bonchev–Trinajstić information content (AvgIpc) is 2.81. The number of rotatable bonds is 5. The molecule has 1 aliphatic heterocycles. The summed E-state index contributed by atoms with van der Waals surface area (Å²) in [5.74, 6) is 0. The molecule has 4 rings (SSSR count). The Bertz CT molecular complexity index is 911. The van der Waals surface area contributed by atoms with E-state index in [1.807, 2.05) is 0 Å². The Morgan fingerprint density at radius 3 is 1.97 bits per heavy atom. The zero-order valence-corrected chi connectivity index (χ0v) is 18.4. The van der Waals surface area contributed by atoms with E-state index in [0.717, 1.165) is 43.4 Å². The topological polar surface area (TPSA) is 19.7 Å². The van der Waals surface area contributed by atoms with E-state index < -0.39 is 0 Å². The van der Waals surface area contributed by atoms with Crippen LogP contribution in [-0.2, 0) is 6.42 Å². The molecule has 1 heterocycles. The van der Waals surface area contributed by atoms with E-state index in [1.54, 1.807) is 4.90 Å². The van der Waals surface area contributed by atoms with Gasteiger partial charge in [-0.05, 0) is 30.3 Å². The number of anilines is 1. The molecule has 1 aliphatic rings. The molecule has 3 nitrogen and oxygen atoms in total. The van der Waals surface area contributed by atoms with E-state index in [-0.39, 0.29) is 0 Å². The Kier molecular flexibility index (Phi) is 6.77. The smallest absolute Gasteiger partial charge is 0.173 e. The fourth-order valence-electron chi connectivity index (χ4n) is 4.39. The number of benzene rings is 3. The molecule has 1 fully saturated rings. The summed E-state index contributed by atoms with van der Waals surface area (Å²) in [6.07, 6.45) is 1.000. The maximum atomic E-state index is 5.76. The summed E-state index contributed by atoms with van der Waals surface area (Å²) in [5.41, 5.74) is 5.19. The molecule has 2 N–H and O–H groups in total. The molecule has 0 amide bonds. The predicted octanol–water partition coefficient (Wildman–Crippen LogP) is 3.94. The van der Waals surface area contributed by atoms with Crippen molar-refractivity contribution in [3.05, 3.63) is 102 Å². The average molecular weight is 417 g/mol. The van der Waals surface area contributed by atoms with Crippen LogP contribution in [0.5, 0.6) is 0 Å². The Balaban J connectivity index is 1.45. The van der Waals surface area contributed by atoms with E-state index >= 15 is 0 Å². The third-order valence-corrected chi connectivity index (χ3v) is 6.37. The number of quaternary nitrogens is 1. The van der Waals surface area contributed by atoms with Gasteiger partial charge in [0.15, 0.2) is 5.11 Å². The normalized spacial score (nSPS) is 14.7. The van der Waals surface area contributed by atoms with Gasteiger partial charge in [0, 0.05) is 16.8 Å². The van der Waals surface area contributed by atoms with Crippen LogP contribution < -0.4 is 10.2 Å². The lowest BCUT2D eigenvalue weighted by molar-refractivity contribution is -0.929. The first kappa shape index (κ1) is 20.6. The molecule has 4 heteroatoms. The fourth-order valence-corrected chi connectivity index (χ4v) is 4.68. The molecule has 1 saturated heterocycles. The van der Waals surface area contributed by atoms with Crippen LogP contribution in [0.4, 0.5) is 5.69 Å². The lowest BCUT2D eigenvalue weighted by Gasteiger charge is -2.38. The van der Waals surface area contributed by atoms with Gasteiger partial charge in [0.05, 0.1) is 26.2 Å². The highest BCUT2D eigenvalue weighted by molar-refractivity contribution is 7.80. The van der Waals surface area contributed by atoms with Crippen LogP contribution in [0.2, 0.25) is 0 Å². The van der Waals surface area contributed by atoms with E-state index in [1.165, 1.54) is 16.7 Å². The molecule has 154 valence electrons. The van der Waals surface area contributed by atoms with Crippen molar-refractivity contribution >= 4 is 23.0 Å². The van der Waals surface area contributed by atoms with Crippen molar-refractivity contribution in [1.82, 2.24) is 4.90 Å². The largest absolute Gasteiger partial charge is 0.338 e. The van der Waals surface area contributed by atoms with Gasteiger partial charge in [0.1, 0.15) is 6.04 Å². The standard InChI is InChI=1S/C26H29N3S/c1-2-21-11-9-10-16-24(21)27-26(30)29-19-17-28(18-20-29)25(22-12-5-3-6-13-22)23-14-7-4-8-15-23/h3-16,25H,2,17-20H2,1H3,(H,27,30)/p+1. The summed E-state index contributed by atoms with van der Waals surface area (Å²) in [4.78, 5) is 3.92. The van der Waals surface area contributed by atoms with Crippen molar-refractivity contribution in [1.29, 1.82) is 0 Å². The first-order chi connectivity index (χ1) is 14.8. The Morgan fingerprint density at radius 2 is 1.40 bits per heavy atom. The number of hydrogen-bond acceptors (Lipinski definition) is 1. The van der Waals surface area contributed by atoms with Crippen molar-refractivity contribution in [2.45, 2.75) is 19.4 Å². The number of aryl methyl sites for hydroxylation is 1. The Labute approximate surface area is 185 Å². The van der Waals surface area contributed by atoms with Crippen LogP contribution in [0.1, 0.15) is 29.7 Å². The Hall–Kier alpha value is -2.69. The van der Waals surface area contributed by atoms with E-state index in [4.69, 9.17) is 12.2 Å². The minimum Gasteiger partial charge on any atom is -0.338 e. The minimum absolute atomic E-state index is 0.358. The molecule has 0 unspecified atom stereocenters. The first-order valence-electron chi connectivity index (χ1n) is 10.8. The zero-order valence-electron chi connectivity index (χ0n) is 17.6. The number of nitrogens with zero attached hydrogens (tertiary/aromatic N) is 1. The number of para-hydroxylation sites is 1.